The van der Waals surface area contributed by atoms with E-state index in [0.29, 0.717) is 144 Å². The summed E-state index contributed by atoms with van der Waals surface area (Å²) in [7, 11) is 2.00. The van der Waals surface area contributed by atoms with E-state index in [2.05, 4.69) is 49.0 Å². The maximum Gasteiger partial charge on any atom is 0.309 e. The van der Waals surface area contributed by atoms with Gasteiger partial charge >= 0.3 is 29.8 Å². The summed E-state index contributed by atoms with van der Waals surface area (Å²) in [6.07, 6.45) is 33.6. The highest BCUT2D eigenvalue weighted by atomic mass is 16.5. The van der Waals surface area contributed by atoms with E-state index in [-0.39, 0.29) is 116 Å². The summed E-state index contributed by atoms with van der Waals surface area (Å²) in [6, 6.07) is 40.2. The Morgan fingerprint density at radius 3 is 1.23 bits per heavy atom. The first kappa shape index (κ1) is 93.3. The van der Waals surface area contributed by atoms with Crippen molar-refractivity contribution < 1.29 is 57.3 Å². The van der Waals surface area contributed by atoms with Crippen LogP contribution in [-0.4, -0.2) is 141 Å². The summed E-state index contributed by atoms with van der Waals surface area (Å²) in [5.41, 5.74) is 14.2. The number of nitrogens with one attached hydrogen (secondary N) is 4. The van der Waals surface area contributed by atoms with Gasteiger partial charge in [-0.1, -0.05) is 98.7 Å². The molecule has 3 aromatic heterocycles. The van der Waals surface area contributed by atoms with Gasteiger partial charge in [0.05, 0.1) is 84.2 Å². The normalized spacial score (nSPS) is 32.6. The third kappa shape index (κ3) is 18.0. The molecule has 14 bridgehead atoms. The Kier molecular flexibility index (Phi) is 26.1. The van der Waals surface area contributed by atoms with Crippen molar-refractivity contribution in [3.8, 4) is 17.1 Å². The molecule has 24 heteroatoms. The Labute approximate surface area is 801 Å². The van der Waals surface area contributed by atoms with Gasteiger partial charge in [0, 0.05) is 59.1 Å². The van der Waals surface area contributed by atoms with Crippen molar-refractivity contribution >= 4 is 58.9 Å². The van der Waals surface area contributed by atoms with E-state index < -0.39 is 0 Å². The van der Waals surface area contributed by atoms with E-state index in [1.807, 2.05) is 161 Å². The average Bonchev–Trinajstić information content (AvgIpc) is 1.63. The number of likely N-dealkylation sites (N-methyl/N-ethyl adjacent to an activating group) is 1. The van der Waals surface area contributed by atoms with Gasteiger partial charge in [0.15, 0.2) is 5.69 Å². The van der Waals surface area contributed by atoms with Gasteiger partial charge in [-0.25, -0.2) is 14.0 Å². The van der Waals surface area contributed by atoms with Crippen LogP contribution < -0.4 is 25.9 Å². The molecular weight excluding hydrogens is 1710 g/mol. The lowest BCUT2D eigenvalue weighted by atomic mass is 9.48. The molecule has 15 saturated carbocycles. The zero-order chi connectivity index (χ0) is 94.3. The molecule has 1 aliphatic heterocycles. The maximum atomic E-state index is 14.2. The summed E-state index contributed by atoms with van der Waals surface area (Å²) in [5, 5.41) is 33.5. The summed E-state index contributed by atoms with van der Waals surface area (Å²) < 4.78 is 26.8. The van der Waals surface area contributed by atoms with Crippen molar-refractivity contribution in [2.45, 2.75) is 279 Å². The highest BCUT2D eigenvalue weighted by Crippen LogP contribution is 2.65. The Morgan fingerprint density at radius 2 is 0.816 bits per heavy atom. The topological polar surface area (TPSA) is 287 Å². The Balaban J connectivity index is 0.000000112. The predicted molar refractivity (Wildman–Crippen MR) is 520 cm³/mol. The van der Waals surface area contributed by atoms with Gasteiger partial charge < -0.3 is 40.2 Å². The quantitative estimate of drug-likeness (QED) is 0.0279. The number of benzene rings is 4. The van der Waals surface area contributed by atoms with Crippen molar-refractivity contribution in [3.63, 3.8) is 0 Å². The number of esters is 4. The van der Waals surface area contributed by atoms with Crippen LogP contribution in [-0.2, 0) is 81.4 Å². The van der Waals surface area contributed by atoms with E-state index in [1.165, 1.54) is 122 Å². The van der Waals surface area contributed by atoms with Crippen LogP contribution in [0.1, 0.15) is 288 Å². The van der Waals surface area contributed by atoms with Crippen LogP contribution in [0.2, 0.25) is 0 Å². The summed E-state index contributed by atoms with van der Waals surface area (Å²) in [5.74, 6) is 6.98. The fraction of sp³-hybridized carbons (Fsp3) is 0.607. The predicted octanol–water partition coefficient (Wildman–Crippen LogP) is 18.4. The van der Waals surface area contributed by atoms with Crippen molar-refractivity contribution in [1.29, 1.82) is 0 Å². The fourth-order valence-corrected chi connectivity index (χ4v) is 30.8. The highest BCUT2D eigenvalue weighted by molar-refractivity contribution is 6.13. The van der Waals surface area contributed by atoms with E-state index in [1.54, 1.807) is 9.36 Å². The third-order valence-electron chi connectivity index (χ3n) is 36.1. The molecule has 19 aliphatic rings. The average molecular weight is 1850 g/mol. The van der Waals surface area contributed by atoms with Crippen LogP contribution in [0.5, 0.6) is 0 Å². The zero-order valence-corrected chi connectivity index (χ0v) is 81.6. The van der Waals surface area contributed by atoms with Crippen molar-refractivity contribution in [2.75, 3.05) is 40.0 Å². The Morgan fingerprint density at radius 1 is 0.434 bits per heavy atom. The minimum absolute atomic E-state index is 0.0328. The van der Waals surface area contributed by atoms with Crippen LogP contribution in [0.25, 0.3) is 17.1 Å². The molecule has 7 aromatic rings. The molecule has 0 spiro atoms. The molecule has 9 unspecified atom stereocenters. The van der Waals surface area contributed by atoms with Crippen LogP contribution in [0, 0.1) is 110 Å². The zero-order valence-electron chi connectivity index (χ0n) is 81.6. The minimum Gasteiger partial charge on any atom is -0.466 e. The largest absolute Gasteiger partial charge is 0.466 e. The molecule has 136 heavy (non-hydrogen) atoms. The molecule has 0 radical (unpaired) electrons. The maximum absolute atomic E-state index is 14.2. The lowest BCUT2D eigenvalue weighted by molar-refractivity contribution is -0.149. The number of carbonyl (C=O) groups excluding carboxylic acids is 8. The number of ether oxygens (including phenoxy) is 4. The number of amides is 4. The molecular formula is C112H143N12O12+. The number of aryl methyl sites for hydroxylation is 3. The number of carbonyl (C=O) groups is 8. The number of hydrogen-bond donors (Lipinski definition) is 4. The highest BCUT2D eigenvalue weighted by Gasteiger charge is 2.62. The van der Waals surface area contributed by atoms with Crippen LogP contribution >= 0.6 is 0 Å². The molecule has 24 nitrogen and oxygen atoms in total. The minimum atomic E-state index is -0.226. The summed E-state index contributed by atoms with van der Waals surface area (Å²) in [6.45, 7) is 18.8. The van der Waals surface area contributed by atoms with Crippen molar-refractivity contribution in [3.05, 3.63) is 183 Å². The monoisotopic (exact) mass is 1850 g/mol. The van der Waals surface area contributed by atoms with Crippen LogP contribution in [0.15, 0.2) is 138 Å². The van der Waals surface area contributed by atoms with Gasteiger partial charge in [-0.05, 0) is 363 Å². The van der Waals surface area contributed by atoms with Gasteiger partial charge in [0.2, 0.25) is 5.70 Å². The molecule has 4 heterocycles. The molecule has 4 aromatic carbocycles. The van der Waals surface area contributed by atoms with Crippen LogP contribution in [0.4, 0.5) is 5.69 Å². The molecule has 0 saturated heterocycles. The van der Waals surface area contributed by atoms with E-state index in [9.17, 15) is 38.4 Å². The summed E-state index contributed by atoms with van der Waals surface area (Å²) in [4.78, 5) is 106. The number of rotatable bonds is 22. The number of fused-ring (bicyclic) bond motifs is 6. The fourth-order valence-electron chi connectivity index (χ4n) is 30.8. The second-order valence-corrected chi connectivity index (χ2v) is 45.3. The van der Waals surface area contributed by atoms with Crippen molar-refractivity contribution in [1.82, 2.24) is 55.2 Å². The number of quaternary nitrogens is 1. The third-order valence-corrected chi connectivity index (χ3v) is 36.1. The second-order valence-electron chi connectivity index (χ2n) is 45.3. The molecule has 9 atom stereocenters. The molecule has 4 amide bonds. The SMILES string of the molecule is CCOC(=O)C1CCC2=N[N+](C)(c3ccccc3)C(C(=O)NC3C4(C)CCC(C4)C3(C)C)=C2C1.CCOC(=O)C1CCc2nn(-c3ccccc3)c(C(=O)NC(C)C34CC5CC(CC(C5)C3)C4)c2C1.CCOC(=O)C1CCc2nn(-c3ccccc3)c(C(=O)NC3C4CC5CC(C4)CC3C5)c2C1.CCOC(=O)C1CCc2nn(-c3ccccc3)c(C(=O)NCC34CC5CC(CC(C5)C3)C4)c2C1. The molecule has 4 N–H and O–H groups in total. The number of nitrogens with zero attached hydrogens (tertiary/aromatic N) is 8. The van der Waals surface area contributed by atoms with Gasteiger partial charge in [-0.3, -0.25) is 38.4 Å². The number of allylic oxidation sites excluding steroid dienone is 1. The molecule has 15 fully saturated rings. The van der Waals surface area contributed by atoms with Gasteiger partial charge in [-0.2, -0.15) is 15.3 Å². The van der Waals surface area contributed by atoms with E-state index in [0.717, 1.165) is 128 Å². The number of aromatic nitrogens is 6. The molecule has 26 rings (SSSR count). The second kappa shape index (κ2) is 38.1. The number of para-hydroxylation sites is 4. The smallest absolute Gasteiger partial charge is 0.309 e. The van der Waals surface area contributed by atoms with Gasteiger partial charge in [0.1, 0.15) is 29.8 Å². The van der Waals surface area contributed by atoms with E-state index >= 15 is 0 Å². The van der Waals surface area contributed by atoms with E-state index in [4.69, 9.17) is 39.3 Å². The molecule has 18 aliphatic carbocycles. The lowest BCUT2D eigenvalue weighted by Crippen LogP contribution is -2.56. The number of hydrogen-bond acceptors (Lipinski definition) is 16. The Hall–Kier alpha value is -10.4. The summed E-state index contributed by atoms with van der Waals surface area (Å²) >= 11 is 0. The van der Waals surface area contributed by atoms with Crippen LogP contribution in [0.3, 0.4) is 0 Å². The van der Waals surface area contributed by atoms with Gasteiger partial charge in [0.25, 0.3) is 17.7 Å². The first-order valence-electron chi connectivity index (χ1n) is 52.3. The first-order valence-corrected chi connectivity index (χ1v) is 52.3. The Bertz CT molecular complexity index is 5630. The lowest BCUT2D eigenvalue weighted by Gasteiger charge is -2.59. The molecule has 722 valence electrons. The standard InChI is InChI=1S/C29H37N3O3.C28H35N3O3.C28H37N3O3.C27H33N3O3/c1-3-35-28(34)22-9-10-25-24(14-22)26(32(31-25)23-7-5-4-6-8-23)27(33)30-18(2)29-15-19-11-20(16-29)13-21(12-19)17-29;1-2-34-27(33)21-8-9-24-23(13-21)25(31(30-24)22-6-4-3-5-7-22)26(32)29-17-28-14-18-10-19(15-28)12-20(11-18)16-28;1-6-34-25(33)18-12-13-22-21(16-18)23(31(5,30-22)20-10-8-7-9-11-20)24(32)29-26-27(2,3)19-14-15-28(26,4)17-19;1-2-33-27(32)18-8-9-23-22(15-18)25(30(29-23)21-6-4-3-5-7-21)26(31)28-24-19-11-16-10-17(13-19)14-20(24)12-16/h4-8,18-22H,3,9-17H2,1-2H3,(H,30,33);3-7,18-21H,2,8-17H2,1H3,(H,29,32);7-11,18-19,26H,6,12-17H2,1-5H3;3-7,16-20,24H,2,8-15H2,1H3,(H,28,31)/p+1. The van der Waals surface area contributed by atoms with Crippen molar-refractivity contribution in [2.24, 2.45) is 116 Å². The first-order chi connectivity index (χ1) is 65.7. The van der Waals surface area contributed by atoms with Gasteiger partial charge in [-0.15, -0.1) is 4.59 Å².